The average Bonchev–Trinajstić information content (AvgIpc) is 2.52. The topological polar surface area (TPSA) is 101 Å². The lowest BCUT2D eigenvalue weighted by atomic mass is 10.2. The molecule has 1 saturated heterocycles. The second-order valence-electron chi connectivity index (χ2n) is 4.13. The number of sulfone groups is 1. The Morgan fingerprint density at radius 3 is 2.61 bits per heavy atom. The van der Waals surface area contributed by atoms with Crippen molar-refractivity contribution >= 4 is 15.8 Å². The standard InChI is InChI=1S/C11H12O6S/c12-9-5-18(15,16)6-10(9)17-8-3-1-2-7(4-8)11(13)14/h1-4,9-10,12H,5-6H2,(H,13,14). The molecule has 2 rings (SSSR count). The summed E-state index contributed by atoms with van der Waals surface area (Å²) in [5, 5.41) is 18.3. The highest BCUT2D eigenvalue weighted by Crippen LogP contribution is 2.21. The average molecular weight is 272 g/mol. The molecule has 0 saturated carbocycles. The number of hydrogen-bond donors (Lipinski definition) is 2. The number of hydrogen-bond acceptors (Lipinski definition) is 5. The van der Waals surface area contributed by atoms with Crippen LogP contribution in [0.1, 0.15) is 10.4 Å². The Morgan fingerprint density at radius 1 is 1.33 bits per heavy atom. The minimum atomic E-state index is -3.28. The zero-order valence-corrected chi connectivity index (χ0v) is 10.1. The lowest BCUT2D eigenvalue weighted by Gasteiger charge is -2.15. The van der Waals surface area contributed by atoms with Gasteiger partial charge in [-0.3, -0.25) is 0 Å². The van der Waals surface area contributed by atoms with Crippen LogP contribution in [0.3, 0.4) is 0 Å². The molecule has 1 aliphatic heterocycles. The summed E-state index contributed by atoms with van der Waals surface area (Å²) in [6.45, 7) is 0. The largest absolute Gasteiger partial charge is 0.487 e. The van der Waals surface area contributed by atoms with Crippen LogP contribution in [0.25, 0.3) is 0 Å². The van der Waals surface area contributed by atoms with E-state index in [1.165, 1.54) is 24.3 Å². The first-order chi connectivity index (χ1) is 8.37. The van der Waals surface area contributed by atoms with Gasteiger partial charge in [0.2, 0.25) is 0 Å². The van der Waals surface area contributed by atoms with E-state index in [-0.39, 0.29) is 22.8 Å². The Labute approximate surface area is 104 Å². The van der Waals surface area contributed by atoms with Gasteiger partial charge >= 0.3 is 5.97 Å². The number of aliphatic hydroxyl groups excluding tert-OH is 1. The number of carbonyl (C=O) groups is 1. The zero-order valence-electron chi connectivity index (χ0n) is 9.31. The highest BCUT2D eigenvalue weighted by atomic mass is 32.2. The maximum Gasteiger partial charge on any atom is 0.335 e. The summed E-state index contributed by atoms with van der Waals surface area (Å²) in [6.07, 6.45) is -1.93. The Hall–Kier alpha value is -1.60. The summed E-state index contributed by atoms with van der Waals surface area (Å²) < 4.78 is 27.9. The van der Waals surface area contributed by atoms with Crippen LogP contribution in [0.4, 0.5) is 0 Å². The van der Waals surface area contributed by atoms with Crippen LogP contribution in [-0.2, 0) is 9.84 Å². The number of aliphatic hydroxyl groups is 1. The first-order valence-electron chi connectivity index (χ1n) is 5.26. The fourth-order valence-corrected chi connectivity index (χ4v) is 3.45. The summed E-state index contributed by atoms with van der Waals surface area (Å²) >= 11 is 0. The van der Waals surface area contributed by atoms with Crippen LogP contribution in [0, 0.1) is 0 Å². The molecule has 7 heteroatoms. The van der Waals surface area contributed by atoms with Gasteiger partial charge in [0, 0.05) is 0 Å². The van der Waals surface area contributed by atoms with Gasteiger partial charge in [0.15, 0.2) is 9.84 Å². The van der Waals surface area contributed by atoms with E-state index in [1.54, 1.807) is 0 Å². The van der Waals surface area contributed by atoms with Gasteiger partial charge in [0.25, 0.3) is 0 Å². The van der Waals surface area contributed by atoms with E-state index in [2.05, 4.69) is 0 Å². The fourth-order valence-electron chi connectivity index (χ4n) is 1.79. The molecule has 0 radical (unpaired) electrons. The summed E-state index contributed by atoms with van der Waals surface area (Å²) in [5.41, 5.74) is 0.0443. The third kappa shape index (κ3) is 2.80. The van der Waals surface area contributed by atoms with Crippen LogP contribution in [0.15, 0.2) is 24.3 Å². The van der Waals surface area contributed by atoms with Crippen molar-refractivity contribution in [2.45, 2.75) is 12.2 Å². The van der Waals surface area contributed by atoms with Gasteiger partial charge in [0.05, 0.1) is 17.1 Å². The summed E-state index contributed by atoms with van der Waals surface area (Å²) in [5.74, 6) is -1.45. The van der Waals surface area contributed by atoms with Gasteiger partial charge in [0.1, 0.15) is 18.0 Å². The van der Waals surface area contributed by atoms with Gasteiger partial charge in [-0.1, -0.05) is 6.07 Å². The molecule has 2 unspecified atom stereocenters. The molecule has 2 N–H and O–H groups in total. The van der Waals surface area contributed by atoms with Gasteiger partial charge in [-0.25, -0.2) is 13.2 Å². The molecule has 1 heterocycles. The monoisotopic (exact) mass is 272 g/mol. The van der Waals surface area contributed by atoms with Crippen molar-refractivity contribution in [2.24, 2.45) is 0 Å². The first-order valence-corrected chi connectivity index (χ1v) is 7.08. The molecule has 0 bridgehead atoms. The molecule has 2 atom stereocenters. The quantitative estimate of drug-likeness (QED) is 0.798. The molecule has 1 aromatic rings. The number of rotatable bonds is 3. The van der Waals surface area contributed by atoms with Crippen molar-refractivity contribution < 1.29 is 28.2 Å². The second kappa shape index (κ2) is 4.58. The second-order valence-corrected chi connectivity index (χ2v) is 6.29. The molecule has 1 aliphatic rings. The highest BCUT2D eigenvalue weighted by Gasteiger charge is 2.38. The van der Waals surface area contributed by atoms with Crippen LogP contribution >= 0.6 is 0 Å². The summed E-state index contributed by atoms with van der Waals surface area (Å²) in [7, 11) is -3.28. The molecule has 0 aromatic heterocycles. The van der Waals surface area contributed by atoms with Crippen LogP contribution in [-0.4, -0.2) is 48.3 Å². The van der Waals surface area contributed by atoms with Crippen LogP contribution in [0.2, 0.25) is 0 Å². The summed E-state index contributed by atoms with van der Waals surface area (Å²) in [6, 6.07) is 5.70. The van der Waals surface area contributed by atoms with Crippen molar-refractivity contribution in [1.82, 2.24) is 0 Å². The number of carboxylic acid groups (broad SMARTS) is 1. The predicted molar refractivity (Wildman–Crippen MR) is 62.5 cm³/mol. The van der Waals surface area contributed by atoms with E-state index in [4.69, 9.17) is 9.84 Å². The van der Waals surface area contributed by atoms with Crippen LogP contribution < -0.4 is 4.74 Å². The molecule has 1 fully saturated rings. The van der Waals surface area contributed by atoms with Crippen molar-refractivity contribution in [3.05, 3.63) is 29.8 Å². The zero-order chi connectivity index (χ0) is 13.3. The molecule has 6 nitrogen and oxygen atoms in total. The van der Waals surface area contributed by atoms with E-state index in [0.29, 0.717) is 0 Å². The highest BCUT2D eigenvalue weighted by molar-refractivity contribution is 7.91. The van der Waals surface area contributed by atoms with E-state index in [0.717, 1.165) is 0 Å². The van der Waals surface area contributed by atoms with Gasteiger partial charge in [-0.15, -0.1) is 0 Å². The first kappa shape index (κ1) is 12.8. The molecule has 0 spiro atoms. The molecular formula is C11H12O6S. The molecule has 18 heavy (non-hydrogen) atoms. The Kier molecular flexibility index (Phi) is 3.27. The molecule has 0 aliphatic carbocycles. The van der Waals surface area contributed by atoms with Gasteiger partial charge in [-0.05, 0) is 18.2 Å². The SMILES string of the molecule is O=C(O)c1cccc(OC2CS(=O)(=O)CC2O)c1. The van der Waals surface area contributed by atoms with Crippen molar-refractivity contribution in [3.63, 3.8) is 0 Å². The Morgan fingerprint density at radius 2 is 2.06 bits per heavy atom. The van der Waals surface area contributed by atoms with E-state index in [1.807, 2.05) is 0 Å². The van der Waals surface area contributed by atoms with Gasteiger partial charge < -0.3 is 14.9 Å². The van der Waals surface area contributed by atoms with Gasteiger partial charge in [-0.2, -0.15) is 0 Å². The molecule has 0 amide bonds. The third-order valence-corrected chi connectivity index (χ3v) is 4.33. The van der Waals surface area contributed by atoms with E-state index >= 15 is 0 Å². The van der Waals surface area contributed by atoms with Crippen molar-refractivity contribution in [3.8, 4) is 5.75 Å². The molecular weight excluding hydrogens is 260 g/mol. The summed E-state index contributed by atoms with van der Waals surface area (Å²) in [4.78, 5) is 10.8. The van der Waals surface area contributed by atoms with E-state index in [9.17, 15) is 18.3 Å². The Balaban J connectivity index is 2.15. The predicted octanol–water partition coefficient (Wildman–Crippen LogP) is -0.0785. The smallest absolute Gasteiger partial charge is 0.335 e. The maximum absolute atomic E-state index is 11.3. The maximum atomic E-state index is 11.3. The van der Waals surface area contributed by atoms with Crippen molar-refractivity contribution in [2.75, 3.05) is 11.5 Å². The third-order valence-electron chi connectivity index (χ3n) is 2.64. The number of carboxylic acids is 1. The lowest BCUT2D eigenvalue weighted by Crippen LogP contribution is -2.29. The lowest BCUT2D eigenvalue weighted by molar-refractivity contribution is 0.0688. The minimum absolute atomic E-state index is 0.0443. The fraction of sp³-hybridized carbons (Fsp3) is 0.364. The molecule has 1 aromatic carbocycles. The number of aromatic carboxylic acids is 1. The number of benzene rings is 1. The molecule has 98 valence electrons. The van der Waals surface area contributed by atoms with Crippen molar-refractivity contribution in [1.29, 1.82) is 0 Å². The Bertz CT molecular complexity index is 565. The number of ether oxygens (including phenoxy) is 1. The minimum Gasteiger partial charge on any atom is -0.487 e. The van der Waals surface area contributed by atoms with Crippen LogP contribution in [0.5, 0.6) is 5.75 Å². The normalized spacial score (nSPS) is 25.8. The van der Waals surface area contributed by atoms with E-state index < -0.39 is 28.0 Å².